The maximum absolute atomic E-state index is 12.9. The highest BCUT2D eigenvalue weighted by Crippen LogP contribution is 2.29. The minimum Gasteiger partial charge on any atom is -0.388 e. The molecule has 5 nitrogen and oxygen atoms in total. The van der Waals surface area contributed by atoms with Gasteiger partial charge in [0.1, 0.15) is 25.0 Å². The van der Waals surface area contributed by atoms with Gasteiger partial charge >= 0.3 is 0 Å². The molecule has 0 spiro atoms. The smallest absolute Gasteiger partial charge is 0.113 e. The van der Waals surface area contributed by atoms with Crippen LogP contribution in [0, 0.1) is 11.8 Å². The van der Waals surface area contributed by atoms with Gasteiger partial charge in [-0.25, -0.2) is 4.39 Å². The molecule has 4 N–H and O–H groups in total. The van der Waals surface area contributed by atoms with E-state index in [4.69, 9.17) is 4.74 Å². The molecule has 0 aromatic carbocycles. The summed E-state index contributed by atoms with van der Waals surface area (Å²) in [4.78, 5) is 0. The van der Waals surface area contributed by atoms with Gasteiger partial charge < -0.3 is 25.4 Å². The van der Waals surface area contributed by atoms with E-state index in [9.17, 15) is 19.7 Å². The zero-order valence-corrected chi connectivity index (χ0v) is 14.7. The van der Waals surface area contributed by atoms with Crippen molar-refractivity contribution in [3.05, 3.63) is 11.6 Å². The highest BCUT2D eigenvalue weighted by atomic mass is 19.1. The van der Waals surface area contributed by atoms with Gasteiger partial charge in [-0.15, -0.1) is 0 Å². The van der Waals surface area contributed by atoms with Crippen molar-refractivity contribution in [1.29, 1.82) is 0 Å². The second-order valence-corrected chi connectivity index (χ2v) is 7.50. The molecule has 0 heterocycles. The predicted molar refractivity (Wildman–Crippen MR) is 90.4 cm³/mol. The molecule has 1 fully saturated rings. The van der Waals surface area contributed by atoms with Gasteiger partial charge in [0.15, 0.2) is 0 Å². The minimum atomic E-state index is -1.35. The average molecular weight is 345 g/mol. The number of hydrogen-bond donors (Lipinski definition) is 4. The first-order chi connectivity index (χ1) is 11.4. The molecule has 0 aromatic heterocycles. The van der Waals surface area contributed by atoms with Crippen LogP contribution in [-0.4, -0.2) is 65.6 Å². The number of hydrogen-bond acceptors (Lipinski definition) is 5. The van der Waals surface area contributed by atoms with Crippen LogP contribution in [0.25, 0.3) is 0 Å². The summed E-state index contributed by atoms with van der Waals surface area (Å²) in [5.41, 5.74) is 0.139. The second kappa shape index (κ2) is 9.25. The first kappa shape index (κ1) is 19.8. The molecule has 6 heteroatoms. The Bertz CT molecular complexity index is 410. The van der Waals surface area contributed by atoms with E-state index >= 15 is 0 Å². The third kappa shape index (κ3) is 5.23. The van der Waals surface area contributed by atoms with Crippen molar-refractivity contribution in [3.8, 4) is 0 Å². The van der Waals surface area contributed by atoms with Gasteiger partial charge in [0.05, 0.1) is 12.1 Å². The molecular formula is C18H32FNO4. The maximum Gasteiger partial charge on any atom is 0.113 e. The number of rotatable bonds is 7. The van der Waals surface area contributed by atoms with E-state index in [0.717, 1.165) is 38.8 Å². The lowest BCUT2D eigenvalue weighted by molar-refractivity contribution is -0.0634. The predicted octanol–water partition coefficient (Wildman–Crippen LogP) is 1.17. The Hall–Kier alpha value is -0.530. The lowest BCUT2D eigenvalue weighted by Crippen LogP contribution is -2.54. The quantitative estimate of drug-likeness (QED) is 0.521. The summed E-state index contributed by atoms with van der Waals surface area (Å²) in [5.74, 6) is 1.14. The molecule has 1 saturated carbocycles. The average Bonchev–Trinajstić information content (AvgIpc) is 2.58. The van der Waals surface area contributed by atoms with Crippen molar-refractivity contribution in [2.24, 2.45) is 11.8 Å². The van der Waals surface area contributed by atoms with Crippen LogP contribution in [0.15, 0.2) is 11.6 Å². The Kier molecular flexibility index (Phi) is 7.62. The normalized spacial score (nSPS) is 37.5. The summed E-state index contributed by atoms with van der Waals surface area (Å²) in [6.07, 6.45) is 2.49. The van der Waals surface area contributed by atoms with E-state index in [-0.39, 0.29) is 11.7 Å². The van der Waals surface area contributed by atoms with Crippen LogP contribution in [-0.2, 0) is 4.74 Å². The van der Waals surface area contributed by atoms with Gasteiger partial charge in [0, 0.05) is 6.61 Å². The van der Waals surface area contributed by atoms with E-state index < -0.39 is 31.0 Å². The van der Waals surface area contributed by atoms with Crippen molar-refractivity contribution in [1.82, 2.24) is 5.32 Å². The standard InChI is InChI=1S/C18H32FNO4/c1-11(2)24-10-13-5-3-12(4-6-13)9-20-15-7-14(8-19)16(21)18(23)17(15)22/h7,11-13,15-18,20-23H,3-6,8-10H2,1-2H3/t12?,13?,15-,16+,17+,18+/m1/s1. The summed E-state index contributed by atoms with van der Waals surface area (Å²) >= 11 is 0. The van der Waals surface area contributed by atoms with E-state index in [1.165, 1.54) is 6.08 Å². The van der Waals surface area contributed by atoms with Crippen LogP contribution in [0.3, 0.4) is 0 Å². The molecule has 2 aliphatic rings. The van der Waals surface area contributed by atoms with Crippen LogP contribution in [0.4, 0.5) is 4.39 Å². The molecular weight excluding hydrogens is 313 g/mol. The summed E-state index contributed by atoms with van der Waals surface area (Å²) in [6.45, 7) is 4.83. The molecule has 4 atom stereocenters. The van der Waals surface area contributed by atoms with Crippen LogP contribution >= 0.6 is 0 Å². The van der Waals surface area contributed by atoms with E-state index in [1.54, 1.807) is 0 Å². The van der Waals surface area contributed by atoms with Crippen LogP contribution in [0.2, 0.25) is 0 Å². The molecule has 0 aromatic rings. The molecule has 0 amide bonds. The van der Waals surface area contributed by atoms with Crippen molar-refractivity contribution in [3.63, 3.8) is 0 Å². The molecule has 0 bridgehead atoms. The van der Waals surface area contributed by atoms with Gasteiger partial charge in [-0.2, -0.15) is 0 Å². The van der Waals surface area contributed by atoms with Crippen molar-refractivity contribution < 1.29 is 24.4 Å². The van der Waals surface area contributed by atoms with Gasteiger partial charge in [-0.05, 0) is 63.5 Å². The van der Waals surface area contributed by atoms with Crippen LogP contribution in [0.5, 0.6) is 0 Å². The number of halogens is 1. The Labute approximate surface area is 143 Å². The Balaban J connectivity index is 1.76. The summed E-state index contributed by atoms with van der Waals surface area (Å²) in [6, 6.07) is -0.517. The van der Waals surface area contributed by atoms with Crippen LogP contribution in [0.1, 0.15) is 39.5 Å². The number of aliphatic hydroxyl groups is 3. The summed E-state index contributed by atoms with van der Waals surface area (Å²) < 4.78 is 18.6. The van der Waals surface area contributed by atoms with Gasteiger partial charge in [0.25, 0.3) is 0 Å². The van der Waals surface area contributed by atoms with Crippen LogP contribution < -0.4 is 5.32 Å². The van der Waals surface area contributed by atoms with Gasteiger partial charge in [-0.1, -0.05) is 6.08 Å². The molecule has 2 rings (SSSR count). The van der Waals surface area contributed by atoms with Crippen molar-refractivity contribution in [2.45, 2.75) is 70.0 Å². The Morgan fingerprint density at radius 1 is 1.12 bits per heavy atom. The fourth-order valence-electron chi connectivity index (χ4n) is 3.58. The highest BCUT2D eigenvalue weighted by Gasteiger charge is 2.37. The van der Waals surface area contributed by atoms with Crippen molar-refractivity contribution in [2.75, 3.05) is 19.8 Å². The van der Waals surface area contributed by atoms with Gasteiger partial charge in [-0.3, -0.25) is 0 Å². The molecule has 0 radical (unpaired) electrons. The molecule has 0 saturated heterocycles. The molecule has 0 aliphatic heterocycles. The van der Waals surface area contributed by atoms with Gasteiger partial charge in [0.2, 0.25) is 0 Å². The summed E-state index contributed by atoms with van der Waals surface area (Å²) in [5, 5.41) is 32.8. The molecule has 0 unspecified atom stereocenters. The maximum atomic E-state index is 12.9. The zero-order chi connectivity index (χ0) is 17.7. The zero-order valence-electron chi connectivity index (χ0n) is 14.7. The lowest BCUT2D eigenvalue weighted by Gasteiger charge is -2.36. The second-order valence-electron chi connectivity index (χ2n) is 7.50. The third-order valence-electron chi connectivity index (χ3n) is 5.24. The highest BCUT2D eigenvalue weighted by molar-refractivity contribution is 5.21. The van der Waals surface area contributed by atoms with E-state index in [0.29, 0.717) is 11.8 Å². The van der Waals surface area contributed by atoms with Crippen molar-refractivity contribution >= 4 is 0 Å². The fraction of sp³-hybridized carbons (Fsp3) is 0.889. The largest absolute Gasteiger partial charge is 0.388 e. The molecule has 2 aliphatic carbocycles. The SMILES string of the molecule is CC(C)OCC1CCC(CN[C@@H]2C=C(CF)[C@H](O)[C@H](O)[C@H]2O)CC1. The first-order valence-electron chi connectivity index (χ1n) is 9.08. The number of aliphatic hydroxyl groups excluding tert-OH is 3. The minimum absolute atomic E-state index is 0.139. The number of ether oxygens (including phenoxy) is 1. The third-order valence-corrected chi connectivity index (χ3v) is 5.24. The number of nitrogens with one attached hydrogen (secondary N) is 1. The fourth-order valence-corrected chi connectivity index (χ4v) is 3.58. The summed E-state index contributed by atoms with van der Waals surface area (Å²) in [7, 11) is 0. The van der Waals surface area contributed by atoms with E-state index in [1.807, 2.05) is 0 Å². The molecule has 140 valence electrons. The lowest BCUT2D eigenvalue weighted by atomic mass is 9.82. The van der Waals surface area contributed by atoms with E-state index in [2.05, 4.69) is 19.2 Å². The first-order valence-corrected chi connectivity index (χ1v) is 9.08. The monoisotopic (exact) mass is 345 g/mol. The Morgan fingerprint density at radius 2 is 1.75 bits per heavy atom. The Morgan fingerprint density at radius 3 is 2.33 bits per heavy atom. The topological polar surface area (TPSA) is 82.0 Å². The number of alkyl halides is 1. The molecule has 24 heavy (non-hydrogen) atoms.